The summed E-state index contributed by atoms with van der Waals surface area (Å²) in [5, 5.41) is 10.9. The Labute approximate surface area is 222 Å². The van der Waals surface area contributed by atoms with Crippen molar-refractivity contribution >= 4 is 46.2 Å². The maximum absolute atomic E-state index is 12.3. The first kappa shape index (κ1) is 25.9. The largest absolute Gasteiger partial charge is 0.368 e. The first-order chi connectivity index (χ1) is 17.4. The number of anilines is 3. The molecule has 1 aliphatic heterocycles. The Balaban J connectivity index is 1.21. The summed E-state index contributed by atoms with van der Waals surface area (Å²) >= 11 is 12.3. The highest BCUT2D eigenvalue weighted by atomic mass is 35.5. The molecule has 3 N–H and O–H groups in total. The van der Waals surface area contributed by atoms with Crippen LogP contribution in [0, 0.1) is 6.92 Å². The summed E-state index contributed by atoms with van der Waals surface area (Å²) in [4.78, 5) is 16.9. The average Bonchev–Trinajstić information content (AvgIpc) is 2.88. The molecule has 188 valence electrons. The van der Waals surface area contributed by atoms with Gasteiger partial charge in [0.15, 0.2) is 0 Å². The van der Waals surface area contributed by atoms with Crippen LogP contribution in [0.25, 0.3) is 0 Å². The van der Waals surface area contributed by atoms with E-state index in [-0.39, 0.29) is 12.5 Å². The third-order valence-electron chi connectivity index (χ3n) is 6.20. The number of carbonyl (C=O) groups is 1. The molecule has 0 radical (unpaired) electrons. The van der Waals surface area contributed by atoms with Gasteiger partial charge in [-0.25, -0.2) is 0 Å². The minimum absolute atomic E-state index is 0.0786. The molecule has 1 heterocycles. The smallest absolute Gasteiger partial charge is 0.238 e. The van der Waals surface area contributed by atoms with Crippen LogP contribution >= 0.6 is 23.2 Å². The maximum atomic E-state index is 12.3. The lowest BCUT2D eigenvalue weighted by atomic mass is 10.2. The van der Waals surface area contributed by atoms with Crippen LogP contribution in [0.3, 0.4) is 0 Å². The summed E-state index contributed by atoms with van der Waals surface area (Å²) in [5.41, 5.74) is 4.99. The van der Waals surface area contributed by atoms with Crippen molar-refractivity contribution in [3.8, 4) is 0 Å². The van der Waals surface area contributed by atoms with Crippen LogP contribution in [0.1, 0.15) is 11.1 Å². The predicted molar refractivity (Wildman–Crippen MR) is 151 cm³/mol. The van der Waals surface area contributed by atoms with Crippen molar-refractivity contribution in [2.24, 2.45) is 0 Å². The quantitative estimate of drug-likeness (QED) is 0.334. The predicted octanol–water partition coefficient (Wildman–Crippen LogP) is 5.74. The second-order valence-corrected chi connectivity index (χ2v) is 9.65. The number of aryl methyl sites for hydroxylation is 1. The van der Waals surface area contributed by atoms with E-state index >= 15 is 0 Å². The van der Waals surface area contributed by atoms with Gasteiger partial charge in [-0.15, -0.1) is 0 Å². The van der Waals surface area contributed by atoms with E-state index in [2.05, 4.69) is 32.3 Å². The molecule has 0 aliphatic carbocycles. The van der Waals surface area contributed by atoms with Crippen molar-refractivity contribution in [2.75, 3.05) is 48.3 Å². The number of hydrogen-bond donors (Lipinski definition) is 3. The first-order valence-electron chi connectivity index (χ1n) is 11.9. The van der Waals surface area contributed by atoms with Gasteiger partial charge < -0.3 is 25.8 Å². The normalized spacial score (nSPS) is 13.4. The molecule has 4 rings (SSSR count). The number of amides is 1. The molecule has 0 unspecified atom stereocenters. The highest BCUT2D eigenvalue weighted by molar-refractivity contribution is 6.33. The SMILES string of the molecule is C=C(Nc1c(C)cccc1Cl)N1CCN(c2ccc(NC(=O)CNCc3ccc(Cl)cc3)cc2)CC1. The Morgan fingerprint density at radius 3 is 2.28 bits per heavy atom. The lowest BCUT2D eigenvalue weighted by Gasteiger charge is -2.38. The standard InChI is InChI=1S/C28H31Cl2N5O/c1-20-4-3-5-26(30)28(20)32-21(2)34-14-16-35(17-15-34)25-12-10-24(11-13-25)33-27(36)19-31-18-22-6-8-23(29)9-7-22/h3-13,31-32H,2,14-19H2,1H3,(H,33,36). The molecule has 0 spiro atoms. The Morgan fingerprint density at radius 2 is 1.61 bits per heavy atom. The maximum Gasteiger partial charge on any atom is 0.238 e. The molecule has 6 nitrogen and oxygen atoms in total. The van der Waals surface area contributed by atoms with Gasteiger partial charge in [0.05, 0.1) is 23.1 Å². The van der Waals surface area contributed by atoms with Crippen LogP contribution in [0.4, 0.5) is 17.1 Å². The van der Waals surface area contributed by atoms with Gasteiger partial charge in [0, 0.05) is 49.1 Å². The van der Waals surface area contributed by atoms with E-state index < -0.39 is 0 Å². The third kappa shape index (κ3) is 6.94. The Morgan fingerprint density at radius 1 is 0.917 bits per heavy atom. The second kappa shape index (κ2) is 12.2. The van der Waals surface area contributed by atoms with Gasteiger partial charge in [-0.1, -0.05) is 54.0 Å². The average molecular weight is 524 g/mol. The van der Waals surface area contributed by atoms with E-state index in [1.807, 2.05) is 73.7 Å². The monoisotopic (exact) mass is 523 g/mol. The number of nitrogens with one attached hydrogen (secondary N) is 3. The Bertz CT molecular complexity index is 1170. The first-order valence-corrected chi connectivity index (χ1v) is 12.7. The fourth-order valence-electron chi connectivity index (χ4n) is 4.13. The molecule has 3 aromatic rings. The van der Waals surface area contributed by atoms with E-state index in [9.17, 15) is 4.79 Å². The lowest BCUT2D eigenvalue weighted by molar-refractivity contribution is -0.115. The minimum atomic E-state index is -0.0786. The fourth-order valence-corrected chi connectivity index (χ4v) is 4.53. The molecule has 0 bridgehead atoms. The van der Waals surface area contributed by atoms with Crippen molar-refractivity contribution in [2.45, 2.75) is 13.5 Å². The van der Waals surface area contributed by atoms with Gasteiger partial charge in [0.1, 0.15) is 0 Å². The zero-order chi connectivity index (χ0) is 25.5. The van der Waals surface area contributed by atoms with Crippen LogP contribution in [-0.2, 0) is 11.3 Å². The highest BCUT2D eigenvalue weighted by Gasteiger charge is 2.19. The number of rotatable bonds is 9. The van der Waals surface area contributed by atoms with Gasteiger partial charge in [0.2, 0.25) is 5.91 Å². The summed E-state index contributed by atoms with van der Waals surface area (Å²) in [7, 11) is 0. The Kier molecular flexibility index (Phi) is 8.75. The van der Waals surface area contributed by atoms with E-state index in [0.29, 0.717) is 16.6 Å². The van der Waals surface area contributed by atoms with E-state index in [0.717, 1.165) is 60.2 Å². The highest BCUT2D eigenvalue weighted by Crippen LogP contribution is 2.27. The molecule has 0 saturated carbocycles. The molecule has 3 aromatic carbocycles. The van der Waals surface area contributed by atoms with Gasteiger partial charge in [0.25, 0.3) is 0 Å². The van der Waals surface area contributed by atoms with Crippen LogP contribution < -0.4 is 20.9 Å². The molecule has 1 fully saturated rings. The molecular weight excluding hydrogens is 493 g/mol. The minimum Gasteiger partial charge on any atom is -0.368 e. The summed E-state index contributed by atoms with van der Waals surface area (Å²) in [6.07, 6.45) is 0. The molecule has 1 aliphatic rings. The number of benzene rings is 3. The second-order valence-electron chi connectivity index (χ2n) is 8.80. The molecule has 1 saturated heterocycles. The lowest BCUT2D eigenvalue weighted by Crippen LogP contribution is -2.46. The zero-order valence-electron chi connectivity index (χ0n) is 20.4. The molecule has 36 heavy (non-hydrogen) atoms. The summed E-state index contributed by atoms with van der Waals surface area (Å²) in [5.74, 6) is 0.777. The van der Waals surface area contributed by atoms with Crippen LogP contribution in [0.2, 0.25) is 10.0 Å². The summed E-state index contributed by atoms with van der Waals surface area (Å²) < 4.78 is 0. The van der Waals surface area contributed by atoms with Crippen molar-refractivity contribution in [3.63, 3.8) is 0 Å². The number of hydrogen-bond acceptors (Lipinski definition) is 5. The number of nitrogens with zero attached hydrogens (tertiary/aromatic N) is 2. The molecule has 1 amide bonds. The number of para-hydroxylation sites is 1. The molecule has 0 atom stereocenters. The zero-order valence-corrected chi connectivity index (χ0v) is 21.9. The van der Waals surface area contributed by atoms with Gasteiger partial charge >= 0.3 is 0 Å². The molecule has 8 heteroatoms. The van der Waals surface area contributed by atoms with Crippen molar-refractivity contribution < 1.29 is 4.79 Å². The number of carbonyl (C=O) groups excluding carboxylic acids is 1. The van der Waals surface area contributed by atoms with E-state index in [4.69, 9.17) is 23.2 Å². The van der Waals surface area contributed by atoms with Crippen molar-refractivity contribution in [3.05, 3.63) is 100 Å². The van der Waals surface area contributed by atoms with E-state index in [1.165, 1.54) is 0 Å². The third-order valence-corrected chi connectivity index (χ3v) is 6.76. The Hall–Kier alpha value is -3.19. The van der Waals surface area contributed by atoms with E-state index in [1.54, 1.807) is 0 Å². The van der Waals surface area contributed by atoms with Crippen molar-refractivity contribution in [1.82, 2.24) is 10.2 Å². The van der Waals surface area contributed by atoms with Gasteiger partial charge in [-0.2, -0.15) is 0 Å². The van der Waals surface area contributed by atoms with Crippen LogP contribution in [0.15, 0.2) is 79.1 Å². The van der Waals surface area contributed by atoms with Crippen LogP contribution in [-0.4, -0.2) is 43.5 Å². The van der Waals surface area contributed by atoms with Gasteiger partial charge in [-0.05, 0) is 60.5 Å². The van der Waals surface area contributed by atoms with Gasteiger partial charge in [-0.3, -0.25) is 4.79 Å². The summed E-state index contributed by atoms with van der Waals surface area (Å²) in [6, 6.07) is 21.4. The molecular formula is C28H31Cl2N5O. The molecule has 0 aromatic heterocycles. The summed E-state index contributed by atoms with van der Waals surface area (Å²) in [6.45, 7) is 10.6. The number of halogens is 2. The van der Waals surface area contributed by atoms with Crippen LogP contribution in [0.5, 0.6) is 0 Å². The number of piperazine rings is 1. The van der Waals surface area contributed by atoms with Crippen molar-refractivity contribution in [1.29, 1.82) is 0 Å². The topological polar surface area (TPSA) is 59.6 Å². The fraction of sp³-hybridized carbons (Fsp3) is 0.250.